The molecule has 3 aromatic rings. The number of aryl methyl sites for hydroxylation is 1. The smallest absolute Gasteiger partial charge is 0.300 e. The molecule has 0 bridgehead atoms. The number of benzene rings is 2. The predicted octanol–water partition coefficient (Wildman–Crippen LogP) is 5.12. The van der Waals surface area contributed by atoms with Crippen molar-refractivity contribution in [2.45, 2.75) is 64.2 Å². The normalized spacial score (nSPS) is 15.0. The minimum absolute atomic E-state index is 0.169. The lowest BCUT2D eigenvalue weighted by Gasteiger charge is -2.30. The standard InChI is InChI=1S/C27H34F2N4O4/c1-15(17-10-18(12-19(30)11-17)27(28,29)26(3,4)34)31-25-21-13-24(37-9-8-36-20-6-7-20)23(35-5)14-22(21)32-16(2)33-25/h10-15,20,34H,6-9,30H2,1-5H3,(H,31,32,33)/t15-/m1/s1. The van der Waals surface area contributed by atoms with E-state index < -0.39 is 17.6 Å². The number of rotatable bonds is 11. The van der Waals surface area contributed by atoms with Gasteiger partial charge in [0.15, 0.2) is 11.5 Å². The van der Waals surface area contributed by atoms with Crippen molar-refractivity contribution in [3.05, 3.63) is 47.3 Å². The van der Waals surface area contributed by atoms with Crippen molar-refractivity contribution in [2.75, 3.05) is 31.4 Å². The summed E-state index contributed by atoms with van der Waals surface area (Å²) in [6.07, 6.45) is 2.52. The monoisotopic (exact) mass is 516 g/mol. The van der Waals surface area contributed by atoms with Crippen LogP contribution in [0.5, 0.6) is 11.5 Å². The van der Waals surface area contributed by atoms with Gasteiger partial charge in [-0.2, -0.15) is 8.78 Å². The highest BCUT2D eigenvalue weighted by Gasteiger charge is 2.47. The van der Waals surface area contributed by atoms with Crippen molar-refractivity contribution in [3.63, 3.8) is 0 Å². The Morgan fingerprint density at radius 1 is 1.11 bits per heavy atom. The number of aliphatic hydroxyl groups is 1. The van der Waals surface area contributed by atoms with Crippen LogP contribution in [-0.4, -0.2) is 47.1 Å². The number of nitrogens with two attached hydrogens (primary N) is 1. The Morgan fingerprint density at radius 2 is 1.84 bits per heavy atom. The fraction of sp³-hybridized carbons (Fsp3) is 0.481. The first-order valence-corrected chi connectivity index (χ1v) is 12.3. The number of hydrogen-bond donors (Lipinski definition) is 3. The highest BCUT2D eigenvalue weighted by molar-refractivity contribution is 5.92. The molecule has 1 aliphatic carbocycles. The lowest BCUT2D eigenvalue weighted by atomic mass is 9.91. The van der Waals surface area contributed by atoms with Crippen LogP contribution in [0.4, 0.5) is 20.3 Å². The molecule has 4 rings (SSSR count). The van der Waals surface area contributed by atoms with E-state index in [0.717, 1.165) is 26.7 Å². The summed E-state index contributed by atoms with van der Waals surface area (Å²) in [5.41, 5.74) is 4.68. The molecule has 0 saturated heterocycles. The number of alkyl halides is 2. The maximum atomic E-state index is 14.9. The van der Waals surface area contributed by atoms with Crippen LogP contribution in [0.1, 0.15) is 56.6 Å². The molecule has 200 valence electrons. The van der Waals surface area contributed by atoms with Gasteiger partial charge in [-0.05, 0) is 70.4 Å². The van der Waals surface area contributed by atoms with Gasteiger partial charge in [-0.25, -0.2) is 9.97 Å². The molecule has 10 heteroatoms. The van der Waals surface area contributed by atoms with Crippen LogP contribution >= 0.6 is 0 Å². The molecule has 1 fully saturated rings. The van der Waals surface area contributed by atoms with Gasteiger partial charge < -0.3 is 30.4 Å². The Labute approximate surface area is 215 Å². The molecule has 0 amide bonds. The highest BCUT2D eigenvalue weighted by Crippen LogP contribution is 2.41. The van der Waals surface area contributed by atoms with Crippen molar-refractivity contribution >= 4 is 22.4 Å². The molecular formula is C27H34F2N4O4. The Morgan fingerprint density at radius 3 is 2.49 bits per heavy atom. The zero-order valence-electron chi connectivity index (χ0n) is 21.8. The van der Waals surface area contributed by atoms with Crippen LogP contribution in [0.15, 0.2) is 30.3 Å². The number of aromatic nitrogens is 2. The molecule has 1 aliphatic rings. The first kappa shape index (κ1) is 26.8. The minimum Gasteiger partial charge on any atom is -0.493 e. The summed E-state index contributed by atoms with van der Waals surface area (Å²) in [6, 6.07) is 7.28. The first-order valence-electron chi connectivity index (χ1n) is 12.3. The molecule has 0 aliphatic heterocycles. The van der Waals surface area contributed by atoms with Crippen molar-refractivity contribution in [1.82, 2.24) is 9.97 Å². The predicted molar refractivity (Wildman–Crippen MR) is 138 cm³/mol. The highest BCUT2D eigenvalue weighted by atomic mass is 19.3. The van der Waals surface area contributed by atoms with Gasteiger partial charge in [0.05, 0.1) is 31.4 Å². The Kier molecular flexibility index (Phi) is 7.43. The number of hydrogen-bond acceptors (Lipinski definition) is 8. The second-order valence-corrected chi connectivity index (χ2v) is 9.95. The zero-order valence-corrected chi connectivity index (χ0v) is 21.8. The van der Waals surface area contributed by atoms with Gasteiger partial charge in [0.1, 0.15) is 23.9 Å². The van der Waals surface area contributed by atoms with Gasteiger partial charge in [0.25, 0.3) is 0 Å². The van der Waals surface area contributed by atoms with E-state index in [9.17, 15) is 13.9 Å². The first-order chi connectivity index (χ1) is 17.4. The van der Waals surface area contributed by atoms with Crippen molar-refractivity contribution in [1.29, 1.82) is 0 Å². The molecule has 0 radical (unpaired) electrons. The molecule has 1 heterocycles. The van der Waals surface area contributed by atoms with E-state index in [2.05, 4.69) is 15.3 Å². The van der Waals surface area contributed by atoms with E-state index in [1.54, 1.807) is 32.2 Å². The maximum absolute atomic E-state index is 14.9. The molecular weight excluding hydrogens is 482 g/mol. The van der Waals surface area contributed by atoms with Gasteiger partial charge >= 0.3 is 5.92 Å². The van der Waals surface area contributed by atoms with E-state index in [-0.39, 0.29) is 11.3 Å². The third kappa shape index (κ3) is 6.02. The zero-order chi connectivity index (χ0) is 27.0. The largest absolute Gasteiger partial charge is 0.493 e. The number of halogens is 2. The van der Waals surface area contributed by atoms with Crippen LogP contribution in [0.3, 0.4) is 0 Å². The number of nitrogens with one attached hydrogen (secondary N) is 1. The van der Waals surface area contributed by atoms with E-state index in [0.29, 0.717) is 58.9 Å². The van der Waals surface area contributed by atoms with Gasteiger partial charge in [0, 0.05) is 22.7 Å². The third-order valence-corrected chi connectivity index (χ3v) is 6.27. The van der Waals surface area contributed by atoms with Crippen molar-refractivity contribution < 1.29 is 28.1 Å². The lowest BCUT2D eigenvalue weighted by molar-refractivity contribution is -0.168. The molecule has 0 spiro atoms. The number of ether oxygens (including phenoxy) is 3. The van der Waals surface area contributed by atoms with Gasteiger partial charge in [-0.3, -0.25) is 0 Å². The summed E-state index contributed by atoms with van der Waals surface area (Å²) in [6.45, 7) is 6.57. The molecule has 1 atom stereocenters. The van der Waals surface area contributed by atoms with Crippen LogP contribution in [0.25, 0.3) is 10.9 Å². The molecule has 1 aromatic heterocycles. The fourth-order valence-electron chi connectivity index (χ4n) is 3.99. The topological polar surface area (TPSA) is 112 Å². The van der Waals surface area contributed by atoms with Crippen LogP contribution in [0, 0.1) is 6.92 Å². The van der Waals surface area contributed by atoms with E-state index in [1.165, 1.54) is 12.1 Å². The molecule has 2 aromatic carbocycles. The molecule has 1 saturated carbocycles. The summed E-state index contributed by atoms with van der Waals surface area (Å²) < 4.78 is 46.9. The Bertz CT molecular complexity index is 1280. The molecule has 8 nitrogen and oxygen atoms in total. The Hall–Kier alpha value is -3.24. The molecule has 37 heavy (non-hydrogen) atoms. The summed E-state index contributed by atoms with van der Waals surface area (Å²) in [7, 11) is 1.56. The van der Waals surface area contributed by atoms with Crippen LogP contribution < -0.4 is 20.5 Å². The van der Waals surface area contributed by atoms with E-state index >= 15 is 0 Å². The summed E-state index contributed by atoms with van der Waals surface area (Å²) in [4.78, 5) is 9.08. The number of fused-ring (bicyclic) bond motifs is 1. The SMILES string of the molecule is COc1cc2nc(C)nc(N[C@H](C)c3cc(N)cc(C(F)(F)C(C)(C)O)c3)c2cc1OCCOC1CC1. The maximum Gasteiger partial charge on any atom is 0.300 e. The van der Waals surface area contributed by atoms with Gasteiger partial charge in [-0.1, -0.05) is 0 Å². The van der Waals surface area contributed by atoms with E-state index in [4.69, 9.17) is 19.9 Å². The number of nitrogen functional groups attached to an aromatic ring is 1. The second kappa shape index (κ2) is 10.3. The molecule has 0 unspecified atom stereocenters. The lowest BCUT2D eigenvalue weighted by Crippen LogP contribution is -2.40. The summed E-state index contributed by atoms with van der Waals surface area (Å²) in [5, 5.41) is 14.0. The second-order valence-electron chi connectivity index (χ2n) is 9.95. The van der Waals surface area contributed by atoms with E-state index in [1.807, 2.05) is 6.92 Å². The average molecular weight is 517 g/mol. The number of methoxy groups -OCH3 is 1. The summed E-state index contributed by atoms with van der Waals surface area (Å²) in [5.74, 6) is -1.41. The average Bonchev–Trinajstić information content (AvgIpc) is 3.64. The molecule has 4 N–H and O–H groups in total. The van der Waals surface area contributed by atoms with Gasteiger partial charge in [0.2, 0.25) is 0 Å². The summed E-state index contributed by atoms with van der Waals surface area (Å²) >= 11 is 0. The quantitative estimate of drug-likeness (QED) is 0.238. The Balaban J connectivity index is 1.64. The number of anilines is 2. The third-order valence-electron chi connectivity index (χ3n) is 6.27. The van der Waals surface area contributed by atoms with Crippen molar-refractivity contribution in [3.8, 4) is 11.5 Å². The van der Waals surface area contributed by atoms with Crippen LogP contribution in [0.2, 0.25) is 0 Å². The van der Waals surface area contributed by atoms with Crippen LogP contribution in [-0.2, 0) is 10.7 Å². The minimum atomic E-state index is -3.50. The van der Waals surface area contributed by atoms with Crippen molar-refractivity contribution in [2.24, 2.45) is 0 Å². The number of nitrogens with zero attached hydrogens (tertiary/aromatic N) is 2. The fourth-order valence-corrected chi connectivity index (χ4v) is 3.99. The van der Waals surface area contributed by atoms with Gasteiger partial charge in [-0.15, -0.1) is 0 Å².